The Balaban J connectivity index is 2.46. The Labute approximate surface area is 112 Å². The first kappa shape index (κ1) is 13.1. The average Bonchev–Trinajstić information content (AvgIpc) is 2.76. The van der Waals surface area contributed by atoms with Gasteiger partial charge in [0.25, 0.3) is 5.89 Å². The van der Waals surface area contributed by atoms with Crippen LogP contribution in [0.3, 0.4) is 0 Å². The van der Waals surface area contributed by atoms with Gasteiger partial charge in [0.2, 0.25) is 0 Å². The normalized spacial score (nSPS) is 12.7. The molecule has 0 N–H and O–H groups in total. The second kappa shape index (κ2) is 5.11. The number of nitrogens with zero attached hydrogens (tertiary/aromatic N) is 2. The number of alkyl halides is 1. The lowest BCUT2D eigenvalue weighted by Crippen LogP contribution is -1.93. The van der Waals surface area contributed by atoms with Crippen molar-refractivity contribution in [1.82, 2.24) is 10.1 Å². The maximum absolute atomic E-state index is 6.11. The van der Waals surface area contributed by atoms with Crippen molar-refractivity contribution in [3.63, 3.8) is 0 Å². The minimum absolute atomic E-state index is 0.187. The van der Waals surface area contributed by atoms with E-state index >= 15 is 0 Å². The van der Waals surface area contributed by atoms with E-state index in [4.69, 9.17) is 16.1 Å². The molecule has 3 nitrogen and oxygen atoms in total. The first-order valence-electron chi connectivity index (χ1n) is 6.08. The molecule has 0 aliphatic heterocycles. The number of benzene rings is 1. The highest BCUT2D eigenvalue weighted by Crippen LogP contribution is 2.29. The fraction of sp³-hybridized carbons (Fsp3) is 0.429. The summed E-state index contributed by atoms with van der Waals surface area (Å²) in [5, 5.41) is 3.76. The fourth-order valence-electron chi connectivity index (χ4n) is 2.16. The highest BCUT2D eigenvalue weighted by atomic mass is 35.5. The van der Waals surface area contributed by atoms with Gasteiger partial charge in [-0.25, -0.2) is 0 Å². The predicted molar refractivity (Wildman–Crippen MR) is 72.8 cm³/mol. The van der Waals surface area contributed by atoms with Crippen LogP contribution < -0.4 is 0 Å². The van der Waals surface area contributed by atoms with Crippen LogP contribution in [-0.2, 0) is 0 Å². The van der Waals surface area contributed by atoms with E-state index in [0.29, 0.717) is 11.7 Å². The van der Waals surface area contributed by atoms with Crippen LogP contribution in [0.25, 0.3) is 11.5 Å². The van der Waals surface area contributed by atoms with E-state index in [1.54, 1.807) is 0 Å². The third kappa shape index (κ3) is 2.41. The topological polar surface area (TPSA) is 38.9 Å². The van der Waals surface area contributed by atoms with Crippen LogP contribution in [-0.4, -0.2) is 10.1 Å². The van der Waals surface area contributed by atoms with Gasteiger partial charge in [0.15, 0.2) is 5.82 Å². The van der Waals surface area contributed by atoms with Crippen LogP contribution >= 0.6 is 11.6 Å². The summed E-state index contributed by atoms with van der Waals surface area (Å²) in [4.78, 5) is 4.39. The zero-order valence-corrected chi connectivity index (χ0v) is 11.9. The maximum atomic E-state index is 6.11. The molecule has 18 heavy (non-hydrogen) atoms. The van der Waals surface area contributed by atoms with Crippen LogP contribution in [0, 0.1) is 20.8 Å². The molecule has 1 aromatic heterocycles. The predicted octanol–water partition coefficient (Wildman–Crippen LogP) is 4.35. The van der Waals surface area contributed by atoms with Gasteiger partial charge in [-0.3, -0.25) is 0 Å². The third-order valence-corrected chi connectivity index (χ3v) is 3.48. The average molecular weight is 265 g/mol. The monoisotopic (exact) mass is 264 g/mol. The first-order valence-corrected chi connectivity index (χ1v) is 6.52. The Hall–Kier alpha value is -1.35. The van der Waals surface area contributed by atoms with E-state index in [-0.39, 0.29) is 5.38 Å². The Bertz CT molecular complexity index is 540. The summed E-state index contributed by atoms with van der Waals surface area (Å²) >= 11 is 6.11. The SMILES string of the molecule is CCC(Cl)c1noc(-c2c(C)cc(C)cc2C)n1. The fourth-order valence-corrected chi connectivity index (χ4v) is 2.25. The largest absolute Gasteiger partial charge is 0.334 e. The molecular weight excluding hydrogens is 248 g/mol. The smallest absolute Gasteiger partial charge is 0.258 e. The standard InChI is InChI=1S/C14H17ClN2O/c1-5-11(15)13-16-14(18-17-13)12-9(3)6-8(2)7-10(12)4/h6-7,11H,5H2,1-4H3. The lowest BCUT2D eigenvalue weighted by atomic mass is 10.00. The number of halogens is 1. The molecule has 0 amide bonds. The van der Waals surface area contributed by atoms with Crippen LogP contribution in [0.5, 0.6) is 0 Å². The molecule has 0 bridgehead atoms. The van der Waals surface area contributed by atoms with Gasteiger partial charge in [-0.1, -0.05) is 29.8 Å². The number of hydrogen-bond acceptors (Lipinski definition) is 3. The van der Waals surface area contributed by atoms with Gasteiger partial charge in [-0.05, 0) is 38.3 Å². The Morgan fingerprint density at radius 3 is 2.39 bits per heavy atom. The molecule has 0 spiro atoms. The molecule has 0 aliphatic carbocycles. The highest BCUT2D eigenvalue weighted by molar-refractivity contribution is 6.20. The number of aryl methyl sites for hydroxylation is 3. The maximum Gasteiger partial charge on any atom is 0.258 e. The molecule has 1 heterocycles. The molecule has 4 heteroatoms. The van der Waals surface area contributed by atoms with Crippen LogP contribution in [0.1, 0.15) is 41.2 Å². The van der Waals surface area contributed by atoms with E-state index in [1.165, 1.54) is 5.56 Å². The molecule has 0 saturated carbocycles. The molecule has 1 unspecified atom stereocenters. The molecule has 1 atom stereocenters. The molecule has 1 aromatic carbocycles. The minimum atomic E-state index is -0.187. The Kier molecular flexibility index (Phi) is 3.71. The molecular formula is C14H17ClN2O. The van der Waals surface area contributed by atoms with Crippen molar-refractivity contribution in [3.8, 4) is 11.5 Å². The van der Waals surface area contributed by atoms with Gasteiger partial charge in [-0.2, -0.15) is 4.98 Å². The summed E-state index contributed by atoms with van der Waals surface area (Å²) in [5.74, 6) is 1.12. The Morgan fingerprint density at radius 1 is 1.22 bits per heavy atom. The molecule has 96 valence electrons. The van der Waals surface area contributed by atoms with Gasteiger partial charge < -0.3 is 4.52 Å². The number of aromatic nitrogens is 2. The first-order chi connectivity index (χ1) is 8.52. The van der Waals surface area contributed by atoms with Crippen molar-refractivity contribution >= 4 is 11.6 Å². The third-order valence-electron chi connectivity index (χ3n) is 2.97. The van der Waals surface area contributed by atoms with E-state index in [0.717, 1.165) is 23.1 Å². The number of hydrogen-bond donors (Lipinski definition) is 0. The summed E-state index contributed by atoms with van der Waals surface area (Å²) in [6.45, 7) is 8.18. The molecule has 0 radical (unpaired) electrons. The van der Waals surface area contributed by atoms with Gasteiger partial charge in [-0.15, -0.1) is 11.6 Å². The highest BCUT2D eigenvalue weighted by Gasteiger charge is 2.17. The lowest BCUT2D eigenvalue weighted by molar-refractivity contribution is 0.421. The summed E-state index contributed by atoms with van der Waals surface area (Å²) in [6, 6.07) is 4.23. The van der Waals surface area contributed by atoms with Gasteiger partial charge in [0, 0.05) is 5.56 Å². The van der Waals surface area contributed by atoms with E-state index in [1.807, 2.05) is 6.92 Å². The van der Waals surface area contributed by atoms with Gasteiger partial charge in [0.1, 0.15) is 0 Å². The zero-order valence-electron chi connectivity index (χ0n) is 11.1. The summed E-state index contributed by atoms with van der Waals surface area (Å²) in [6.07, 6.45) is 0.784. The van der Waals surface area contributed by atoms with Crippen LogP contribution in [0.4, 0.5) is 0 Å². The van der Waals surface area contributed by atoms with Gasteiger partial charge >= 0.3 is 0 Å². The van der Waals surface area contributed by atoms with Crippen LogP contribution in [0.2, 0.25) is 0 Å². The van der Waals surface area contributed by atoms with Crippen LogP contribution in [0.15, 0.2) is 16.7 Å². The van der Waals surface area contributed by atoms with E-state index in [9.17, 15) is 0 Å². The van der Waals surface area contributed by atoms with Crippen molar-refractivity contribution in [2.24, 2.45) is 0 Å². The number of rotatable bonds is 3. The van der Waals surface area contributed by atoms with Gasteiger partial charge in [0.05, 0.1) is 5.38 Å². The molecule has 0 saturated heterocycles. The minimum Gasteiger partial charge on any atom is -0.334 e. The summed E-state index contributed by atoms with van der Waals surface area (Å²) in [5.41, 5.74) is 4.53. The molecule has 2 rings (SSSR count). The van der Waals surface area contributed by atoms with E-state index in [2.05, 4.69) is 43.0 Å². The Morgan fingerprint density at radius 2 is 1.83 bits per heavy atom. The molecule has 0 fully saturated rings. The van der Waals surface area contributed by atoms with Crippen molar-refractivity contribution in [1.29, 1.82) is 0 Å². The van der Waals surface area contributed by atoms with Crippen molar-refractivity contribution in [2.75, 3.05) is 0 Å². The summed E-state index contributed by atoms with van der Waals surface area (Å²) < 4.78 is 5.33. The molecule has 0 aliphatic rings. The lowest BCUT2D eigenvalue weighted by Gasteiger charge is -2.06. The zero-order chi connectivity index (χ0) is 13.3. The van der Waals surface area contributed by atoms with E-state index < -0.39 is 0 Å². The second-order valence-corrected chi connectivity index (χ2v) is 5.13. The van der Waals surface area contributed by atoms with Crippen molar-refractivity contribution in [3.05, 3.63) is 34.6 Å². The second-order valence-electron chi connectivity index (χ2n) is 4.61. The summed E-state index contributed by atoms with van der Waals surface area (Å²) in [7, 11) is 0. The molecule has 2 aromatic rings. The quantitative estimate of drug-likeness (QED) is 0.774. The van der Waals surface area contributed by atoms with Crippen molar-refractivity contribution in [2.45, 2.75) is 39.5 Å². The van der Waals surface area contributed by atoms with Crippen molar-refractivity contribution < 1.29 is 4.52 Å².